The molecule has 1 amide bonds. The van der Waals surface area contributed by atoms with Crippen LogP contribution in [-0.4, -0.2) is 33.7 Å². The molecule has 158 valence electrons. The molecule has 4 aromatic rings. The van der Waals surface area contributed by atoms with Gasteiger partial charge in [0.05, 0.1) is 10.6 Å². The van der Waals surface area contributed by atoms with Crippen LogP contribution in [0.25, 0.3) is 5.65 Å². The fourth-order valence-corrected chi connectivity index (χ4v) is 4.13. The van der Waals surface area contributed by atoms with Crippen molar-refractivity contribution in [3.05, 3.63) is 77.5 Å². The SMILES string of the molecule is Cc1ccnc(NS(=O)(=O)c2ccc(NC(=O)c3c(C)nc4c(C)cccn34)cc2)n1. The van der Waals surface area contributed by atoms with Crippen molar-refractivity contribution in [1.29, 1.82) is 0 Å². The van der Waals surface area contributed by atoms with Crippen molar-refractivity contribution in [2.45, 2.75) is 25.7 Å². The normalized spacial score (nSPS) is 11.5. The number of sulfonamides is 1. The van der Waals surface area contributed by atoms with E-state index >= 15 is 0 Å². The molecule has 10 heteroatoms. The molecule has 0 fully saturated rings. The first kappa shape index (κ1) is 20.5. The molecule has 0 aliphatic rings. The zero-order chi connectivity index (χ0) is 22.2. The molecule has 3 aromatic heterocycles. The van der Waals surface area contributed by atoms with Gasteiger partial charge in [-0.05, 0) is 62.7 Å². The molecule has 2 N–H and O–H groups in total. The lowest BCUT2D eigenvalue weighted by molar-refractivity contribution is 0.102. The van der Waals surface area contributed by atoms with E-state index in [0.29, 0.717) is 22.8 Å². The summed E-state index contributed by atoms with van der Waals surface area (Å²) >= 11 is 0. The van der Waals surface area contributed by atoms with Crippen LogP contribution < -0.4 is 10.0 Å². The molecule has 0 saturated heterocycles. The van der Waals surface area contributed by atoms with E-state index in [1.807, 2.05) is 19.1 Å². The predicted molar refractivity (Wildman–Crippen MR) is 117 cm³/mol. The number of hydrogen-bond donors (Lipinski definition) is 2. The van der Waals surface area contributed by atoms with E-state index in [1.165, 1.54) is 30.5 Å². The summed E-state index contributed by atoms with van der Waals surface area (Å²) < 4.78 is 29.2. The summed E-state index contributed by atoms with van der Waals surface area (Å²) in [6, 6.07) is 11.3. The molecule has 0 spiro atoms. The molecule has 31 heavy (non-hydrogen) atoms. The number of benzene rings is 1. The minimum absolute atomic E-state index is 0.00393. The lowest BCUT2D eigenvalue weighted by Crippen LogP contribution is -2.17. The second-order valence-electron chi connectivity index (χ2n) is 7.04. The molecule has 0 aliphatic carbocycles. The number of hydrogen-bond acceptors (Lipinski definition) is 6. The molecule has 1 aromatic carbocycles. The Balaban J connectivity index is 1.54. The third-order valence-electron chi connectivity index (χ3n) is 4.68. The first-order valence-electron chi connectivity index (χ1n) is 9.43. The van der Waals surface area contributed by atoms with Gasteiger partial charge in [-0.25, -0.2) is 28.1 Å². The van der Waals surface area contributed by atoms with Crippen molar-refractivity contribution in [2.24, 2.45) is 0 Å². The summed E-state index contributed by atoms with van der Waals surface area (Å²) in [5.74, 6) is -0.340. The van der Waals surface area contributed by atoms with Crippen LogP contribution in [0.1, 0.15) is 27.4 Å². The van der Waals surface area contributed by atoms with E-state index in [9.17, 15) is 13.2 Å². The topological polar surface area (TPSA) is 118 Å². The van der Waals surface area contributed by atoms with E-state index in [2.05, 4.69) is 25.0 Å². The van der Waals surface area contributed by atoms with Gasteiger partial charge in [-0.1, -0.05) is 6.07 Å². The number of amides is 1. The van der Waals surface area contributed by atoms with Crippen LogP contribution >= 0.6 is 0 Å². The maximum Gasteiger partial charge on any atom is 0.274 e. The third kappa shape index (κ3) is 4.10. The smallest absolute Gasteiger partial charge is 0.274 e. The second kappa shape index (κ2) is 7.80. The van der Waals surface area contributed by atoms with Crippen LogP contribution in [0.3, 0.4) is 0 Å². The number of aryl methyl sites for hydroxylation is 3. The Morgan fingerprint density at radius 2 is 1.74 bits per heavy atom. The molecule has 0 bridgehead atoms. The zero-order valence-corrected chi connectivity index (χ0v) is 17.9. The van der Waals surface area contributed by atoms with Gasteiger partial charge in [0.1, 0.15) is 11.3 Å². The number of carbonyl (C=O) groups is 1. The van der Waals surface area contributed by atoms with Gasteiger partial charge in [0.15, 0.2) is 0 Å². The molecular weight excluding hydrogens is 416 g/mol. The third-order valence-corrected chi connectivity index (χ3v) is 6.02. The maximum atomic E-state index is 12.9. The van der Waals surface area contributed by atoms with Crippen molar-refractivity contribution in [2.75, 3.05) is 10.0 Å². The monoisotopic (exact) mass is 436 g/mol. The van der Waals surface area contributed by atoms with Crippen LogP contribution in [-0.2, 0) is 10.0 Å². The number of anilines is 2. The predicted octanol–water partition coefficient (Wildman–Crippen LogP) is 3.10. The summed E-state index contributed by atoms with van der Waals surface area (Å²) in [5, 5.41) is 2.79. The fraction of sp³-hybridized carbons (Fsp3) is 0.143. The van der Waals surface area contributed by atoms with Crippen molar-refractivity contribution in [3.63, 3.8) is 0 Å². The first-order chi connectivity index (χ1) is 14.7. The summed E-state index contributed by atoms with van der Waals surface area (Å²) in [5.41, 5.74) is 3.81. The van der Waals surface area contributed by atoms with Crippen LogP contribution in [0.5, 0.6) is 0 Å². The lowest BCUT2D eigenvalue weighted by Gasteiger charge is -2.09. The molecule has 9 nitrogen and oxygen atoms in total. The Kier molecular flexibility index (Phi) is 5.15. The molecule has 4 rings (SSSR count). The number of carbonyl (C=O) groups excluding carboxylic acids is 1. The average molecular weight is 436 g/mol. The van der Waals surface area contributed by atoms with Gasteiger partial charge in [0.2, 0.25) is 5.95 Å². The Hall–Kier alpha value is -3.79. The van der Waals surface area contributed by atoms with Crippen LogP contribution in [0.15, 0.2) is 59.8 Å². The Labute approximate surface area is 179 Å². The molecule has 0 radical (unpaired) electrons. The number of fused-ring (bicyclic) bond motifs is 1. The van der Waals surface area contributed by atoms with Gasteiger partial charge in [-0.15, -0.1) is 0 Å². The summed E-state index contributed by atoms with van der Waals surface area (Å²) in [6.45, 7) is 5.44. The number of imidazole rings is 1. The first-order valence-corrected chi connectivity index (χ1v) is 10.9. The fourth-order valence-electron chi connectivity index (χ4n) is 3.18. The number of pyridine rings is 1. The average Bonchev–Trinajstić information content (AvgIpc) is 3.05. The Morgan fingerprint density at radius 1 is 1.00 bits per heavy atom. The van der Waals surface area contributed by atoms with E-state index in [0.717, 1.165) is 11.2 Å². The number of rotatable bonds is 5. The molecule has 0 atom stereocenters. The quantitative estimate of drug-likeness (QED) is 0.496. The molecule has 0 saturated carbocycles. The highest BCUT2D eigenvalue weighted by Gasteiger charge is 2.19. The highest BCUT2D eigenvalue weighted by molar-refractivity contribution is 7.92. The van der Waals surface area contributed by atoms with Crippen molar-refractivity contribution in [1.82, 2.24) is 19.4 Å². The molecule has 0 aliphatic heterocycles. The van der Waals surface area contributed by atoms with Gasteiger partial charge in [-0.2, -0.15) is 0 Å². The van der Waals surface area contributed by atoms with E-state index in [-0.39, 0.29) is 16.8 Å². The van der Waals surface area contributed by atoms with Crippen LogP contribution in [0.4, 0.5) is 11.6 Å². The molecule has 0 unspecified atom stereocenters. The molecule has 3 heterocycles. The standard InChI is InChI=1S/C21H20N6O3S/c1-13-5-4-12-27-18(15(3)24-19(13)27)20(28)25-16-6-8-17(9-7-16)31(29,30)26-21-22-11-10-14(2)23-21/h4-12H,1-3H3,(H,25,28)(H,22,23,26). The van der Waals surface area contributed by atoms with Crippen LogP contribution in [0, 0.1) is 20.8 Å². The highest BCUT2D eigenvalue weighted by Crippen LogP contribution is 2.19. The summed E-state index contributed by atoms with van der Waals surface area (Å²) in [4.78, 5) is 25.3. The number of nitrogens with one attached hydrogen (secondary N) is 2. The van der Waals surface area contributed by atoms with Crippen molar-refractivity contribution >= 4 is 33.2 Å². The number of aromatic nitrogens is 4. The summed E-state index contributed by atoms with van der Waals surface area (Å²) in [6.07, 6.45) is 3.26. The van der Waals surface area contributed by atoms with Crippen molar-refractivity contribution in [3.8, 4) is 0 Å². The highest BCUT2D eigenvalue weighted by atomic mass is 32.2. The Morgan fingerprint density at radius 3 is 2.45 bits per heavy atom. The van der Waals surface area contributed by atoms with Gasteiger partial charge >= 0.3 is 0 Å². The van der Waals surface area contributed by atoms with E-state index < -0.39 is 10.0 Å². The van der Waals surface area contributed by atoms with Gasteiger partial charge in [0.25, 0.3) is 15.9 Å². The van der Waals surface area contributed by atoms with Gasteiger partial charge in [0, 0.05) is 23.8 Å². The minimum atomic E-state index is -3.86. The number of nitrogens with zero attached hydrogens (tertiary/aromatic N) is 4. The minimum Gasteiger partial charge on any atom is -0.321 e. The van der Waals surface area contributed by atoms with Crippen LogP contribution in [0.2, 0.25) is 0 Å². The van der Waals surface area contributed by atoms with E-state index in [1.54, 1.807) is 30.5 Å². The lowest BCUT2D eigenvalue weighted by atomic mass is 10.2. The second-order valence-corrected chi connectivity index (χ2v) is 8.72. The largest absolute Gasteiger partial charge is 0.321 e. The van der Waals surface area contributed by atoms with E-state index in [4.69, 9.17) is 0 Å². The van der Waals surface area contributed by atoms with Gasteiger partial charge < -0.3 is 5.32 Å². The maximum absolute atomic E-state index is 12.9. The van der Waals surface area contributed by atoms with Gasteiger partial charge in [-0.3, -0.25) is 9.20 Å². The van der Waals surface area contributed by atoms with Crippen molar-refractivity contribution < 1.29 is 13.2 Å². The zero-order valence-electron chi connectivity index (χ0n) is 17.1. The summed E-state index contributed by atoms with van der Waals surface area (Å²) in [7, 11) is -3.86. The molecular formula is C21H20N6O3S. The Bertz CT molecular complexity index is 1390.